The third-order valence-corrected chi connectivity index (χ3v) is 12.3. The second-order valence-electron chi connectivity index (χ2n) is 21.7. The summed E-state index contributed by atoms with van der Waals surface area (Å²) >= 11 is 0. The third kappa shape index (κ3) is 46.7. The summed E-state index contributed by atoms with van der Waals surface area (Å²) in [4.78, 5) is 35.8. The average Bonchev–Trinajstić information content (AvgIpc) is 3.19. The van der Waals surface area contributed by atoms with Gasteiger partial charge >= 0.3 is 0 Å². The molecule has 0 unspecified atom stereocenters. The van der Waals surface area contributed by atoms with Gasteiger partial charge in [-0.1, -0.05) is 263 Å². The fourth-order valence-electron chi connectivity index (χ4n) is 7.32. The van der Waals surface area contributed by atoms with Gasteiger partial charge in [0.2, 0.25) is 0 Å². The van der Waals surface area contributed by atoms with Crippen LogP contribution in [0.4, 0.5) is 0 Å². The Morgan fingerprint density at radius 2 is 0.557 bits per heavy atom. The Bertz CT molecular complexity index is 924. The number of rotatable bonds is 38. The third-order valence-electron chi connectivity index (χ3n) is 12.3. The van der Waals surface area contributed by atoms with Crippen molar-refractivity contribution in [3.8, 4) is 0 Å². The van der Waals surface area contributed by atoms with Crippen molar-refractivity contribution in [2.45, 2.75) is 314 Å². The molecule has 0 aliphatic heterocycles. The minimum absolute atomic E-state index is 0. The summed E-state index contributed by atoms with van der Waals surface area (Å²) in [5.41, 5.74) is -0.622. The Balaban J connectivity index is -0.000000263. The average molecular weight is 870 g/mol. The molecule has 61 heavy (non-hydrogen) atoms. The van der Waals surface area contributed by atoms with Crippen LogP contribution < -0.4 is 0 Å². The number of ether oxygens (including phenoxy) is 2. The van der Waals surface area contributed by atoms with Gasteiger partial charge in [-0.05, 0) is 19.3 Å². The maximum absolute atomic E-state index is 12.0. The van der Waals surface area contributed by atoms with E-state index in [1.807, 2.05) is 62.3 Å². The molecule has 0 heterocycles. The van der Waals surface area contributed by atoms with Crippen LogP contribution in [0.2, 0.25) is 0 Å². The maximum atomic E-state index is 12.0. The molecule has 2 atom stereocenters. The van der Waals surface area contributed by atoms with Crippen LogP contribution in [-0.2, 0) is 23.9 Å². The van der Waals surface area contributed by atoms with Gasteiger partial charge in [0.1, 0.15) is 17.3 Å². The summed E-state index contributed by atoms with van der Waals surface area (Å²) in [7, 11) is 3.46. The van der Waals surface area contributed by atoms with E-state index in [9.17, 15) is 14.4 Å². The smallest absolute Gasteiger partial charge is 0.140 e. The van der Waals surface area contributed by atoms with Gasteiger partial charge in [0.05, 0.1) is 12.2 Å². The van der Waals surface area contributed by atoms with E-state index < -0.39 is 0 Å². The highest BCUT2D eigenvalue weighted by Gasteiger charge is 2.25. The van der Waals surface area contributed by atoms with Crippen molar-refractivity contribution >= 4 is 17.3 Å². The van der Waals surface area contributed by atoms with E-state index in [1.54, 1.807) is 14.2 Å². The topological polar surface area (TPSA) is 69.7 Å². The molecular formula is C56H116O5. The van der Waals surface area contributed by atoms with Crippen LogP contribution in [0.1, 0.15) is 304 Å². The fourth-order valence-corrected chi connectivity index (χ4v) is 7.32. The molecule has 0 aromatic rings. The Morgan fingerprint density at radius 3 is 0.770 bits per heavy atom. The highest BCUT2D eigenvalue weighted by molar-refractivity contribution is 5.84. The van der Waals surface area contributed by atoms with Crippen molar-refractivity contribution < 1.29 is 26.7 Å². The van der Waals surface area contributed by atoms with Gasteiger partial charge in [-0.25, -0.2) is 0 Å². The van der Waals surface area contributed by atoms with E-state index >= 15 is 0 Å². The van der Waals surface area contributed by atoms with Crippen molar-refractivity contribution in [1.29, 1.82) is 0 Å². The first-order chi connectivity index (χ1) is 28.8. The molecule has 0 bridgehead atoms. The number of hydrogen-bond donors (Lipinski definition) is 0. The van der Waals surface area contributed by atoms with Crippen molar-refractivity contribution in [3.05, 3.63) is 0 Å². The minimum atomic E-state index is -0.241. The Morgan fingerprint density at radius 1 is 0.344 bits per heavy atom. The number of Topliss-reactive ketones (excluding diaryl/α,β-unsaturated/α-hetero) is 3. The standard InChI is InChI=1S/2C19H38O2.C18H36O.2H2/c2*1-6-7-8-9-10-11-12-13-14-15-17(21-5)16-18(20)19(2,3)4;1-5-6-7-8-9-10-11-12-13-14-15-16-17(19)18(2,3)4;;/h2*17H,6-16H2,1-5H3;5-16H2,1-4H3;2*1H/t2*17-;;;/m11.../s1. The molecule has 0 saturated carbocycles. The number of carbonyl (C=O) groups excluding carboxylic acids is 3. The van der Waals surface area contributed by atoms with E-state index in [1.165, 1.54) is 180 Å². The van der Waals surface area contributed by atoms with Gasteiger partial charge in [-0.3, -0.25) is 14.4 Å². The first-order valence-corrected chi connectivity index (χ1v) is 26.5. The molecule has 5 heteroatoms. The zero-order valence-corrected chi connectivity index (χ0v) is 44.2. The molecule has 0 saturated heterocycles. The zero-order chi connectivity index (χ0) is 46.8. The number of methoxy groups -OCH3 is 2. The molecule has 0 aromatic heterocycles. The SMILES string of the molecule is CCCCCCCCCCCCCC(=O)C(C)(C)C.CCCCCCCCCCC[C@H](CC(=O)C(C)(C)C)OC.CCCCCCCCCCC[C@H](CC(=O)C(C)(C)C)OC.[HH].[HH]. The quantitative estimate of drug-likeness (QED) is 0.0578. The number of unbranched alkanes of at least 4 members (excludes halogenated alkanes) is 26. The van der Waals surface area contributed by atoms with Crippen molar-refractivity contribution in [2.24, 2.45) is 16.2 Å². The number of hydrogen-bond acceptors (Lipinski definition) is 5. The Kier molecular flexibility index (Phi) is 45.1. The first kappa shape index (κ1) is 64.2. The molecule has 0 fully saturated rings. The van der Waals surface area contributed by atoms with Crippen LogP contribution in [0, 0.1) is 16.2 Å². The second kappa shape index (κ2) is 42.9. The summed E-state index contributed by atoms with van der Waals surface area (Å²) in [5, 5.41) is 0. The van der Waals surface area contributed by atoms with E-state index in [-0.39, 0.29) is 31.3 Å². The second-order valence-corrected chi connectivity index (χ2v) is 21.7. The summed E-state index contributed by atoms with van der Waals surface area (Å²) in [6.45, 7) is 24.8. The summed E-state index contributed by atoms with van der Waals surface area (Å²) in [5.74, 6) is 1.04. The molecule has 0 N–H and O–H groups in total. The minimum Gasteiger partial charge on any atom is -0.381 e. The van der Waals surface area contributed by atoms with Gasteiger partial charge in [-0.2, -0.15) is 0 Å². The van der Waals surface area contributed by atoms with Crippen molar-refractivity contribution in [1.82, 2.24) is 0 Å². The number of ketones is 3. The normalized spacial score (nSPS) is 12.9. The molecule has 0 aliphatic rings. The molecule has 0 spiro atoms. The van der Waals surface area contributed by atoms with Crippen LogP contribution in [0.3, 0.4) is 0 Å². The van der Waals surface area contributed by atoms with E-state index in [0.717, 1.165) is 25.7 Å². The lowest BCUT2D eigenvalue weighted by Gasteiger charge is -2.21. The Labute approximate surface area is 387 Å². The predicted molar refractivity (Wildman–Crippen MR) is 273 cm³/mol. The van der Waals surface area contributed by atoms with Crippen molar-refractivity contribution in [2.75, 3.05) is 14.2 Å². The molecular weight excluding hydrogens is 753 g/mol. The van der Waals surface area contributed by atoms with Crippen molar-refractivity contribution in [3.63, 3.8) is 0 Å². The van der Waals surface area contributed by atoms with Crippen LogP contribution in [-0.4, -0.2) is 43.8 Å². The molecule has 370 valence electrons. The van der Waals surface area contributed by atoms with Gasteiger partial charge in [0, 0.05) is 52.6 Å². The van der Waals surface area contributed by atoms with E-state index in [4.69, 9.17) is 9.47 Å². The fraction of sp³-hybridized carbons (Fsp3) is 0.946. The predicted octanol–water partition coefficient (Wildman–Crippen LogP) is 18.6. The van der Waals surface area contributed by atoms with E-state index in [0.29, 0.717) is 30.2 Å². The van der Waals surface area contributed by atoms with Crippen LogP contribution in [0.25, 0.3) is 0 Å². The lowest BCUT2D eigenvalue weighted by atomic mass is 9.87. The summed E-state index contributed by atoms with van der Waals surface area (Å²) in [6.07, 6.45) is 43.1. The first-order valence-electron chi connectivity index (χ1n) is 26.5. The van der Waals surface area contributed by atoms with Gasteiger partial charge in [0.25, 0.3) is 0 Å². The Hall–Kier alpha value is -1.07. The van der Waals surface area contributed by atoms with Gasteiger partial charge in [0.15, 0.2) is 0 Å². The lowest BCUT2D eigenvalue weighted by Crippen LogP contribution is -2.26. The van der Waals surface area contributed by atoms with E-state index in [2.05, 4.69) is 20.8 Å². The molecule has 5 nitrogen and oxygen atoms in total. The zero-order valence-electron chi connectivity index (χ0n) is 44.2. The molecule has 0 aliphatic carbocycles. The van der Waals surface area contributed by atoms with Crippen LogP contribution >= 0.6 is 0 Å². The maximum Gasteiger partial charge on any atom is 0.140 e. The monoisotopic (exact) mass is 869 g/mol. The summed E-state index contributed by atoms with van der Waals surface area (Å²) < 4.78 is 10.9. The molecule has 0 rings (SSSR count). The van der Waals surface area contributed by atoms with Gasteiger partial charge < -0.3 is 9.47 Å². The number of carbonyl (C=O) groups is 3. The lowest BCUT2D eigenvalue weighted by molar-refractivity contribution is -0.129. The highest BCUT2D eigenvalue weighted by atomic mass is 16.5. The largest absolute Gasteiger partial charge is 0.381 e. The van der Waals surface area contributed by atoms with Crippen LogP contribution in [0.5, 0.6) is 0 Å². The molecule has 0 radical (unpaired) electrons. The van der Waals surface area contributed by atoms with Gasteiger partial charge in [-0.15, -0.1) is 0 Å². The molecule has 0 amide bonds. The molecule has 0 aromatic carbocycles. The highest BCUT2D eigenvalue weighted by Crippen LogP contribution is 2.23. The summed E-state index contributed by atoms with van der Waals surface area (Å²) in [6, 6.07) is 0. The van der Waals surface area contributed by atoms with Crippen LogP contribution in [0.15, 0.2) is 0 Å².